The van der Waals surface area contributed by atoms with E-state index < -0.39 is 0 Å². The highest BCUT2D eigenvalue weighted by Crippen LogP contribution is 2.28. The number of likely N-dealkylation sites (N-methyl/N-ethyl adjacent to an activating group) is 1. The molecule has 0 amide bonds. The summed E-state index contributed by atoms with van der Waals surface area (Å²) in [7, 11) is 5.83. The van der Waals surface area contributed by atoms with E-state index in [2.05, 4.69) is 61.3 Å². The summed E-state index contributed by atoms with van der Waals surface area (Å²) in [6.07, 6.45) is 0. The van der Waals surface area contributed by atoms with Crippen molar-refractivity contribution in [3.8, 4) is 5.75 Å². The molecule has 0 fully saturated rings. The molecule has 3 rings (SSSR count). The lowest BCUT2D eigenvalue weighted by Gasteiger charge is -2.26. The lowest BCUT2D eigenvalue weighted by Crippen LogP contribution is -2.27. The number of anilines is 1. The highest BCUT2D eigenvalue weighted by Gasteiger charge is 2.22. The van der Waals surface area contributed by atoms with Crippen molar-refractivity contribution in [2.24, 2.45) is 0 Å². The molecule has 0 bridgehead atoms. The van der Waals surface area contributed by atoms with Gasteiger partial charge in [-0.25, -0.2) is 0 Å². The predicted octanol–water partition coefficient (Wildman–Crippen LogP) is 3.15. The van der Waals surface area contributed by atoms with Gasteiger partial charge < -0.3 is 15.0 Å². The van der Waals surface area contributed by atoms with Crippen LogP contribution in [-0.2, 0) is 5.41 Å². The summed E-state index contributed by atoms with van der Waals surface area (Å²) in [4.78, 5) is 2.17. The van der Waals surface area contributed by atoms with Gasteiger partial charge in [0, 0.05) is 17.5 Å². The number of fused-ring (bicyclic) bond motifs is 1. The predicted molar refractivity (Wildman–Crippen MR) is 107 cm³/mol. The fourth-order valence-corrected chi connectivity index (χ4v) is 3.06. The Morgan fingerprint density at radius 1 is 1.11 bits per heavy atom. The number of methoxy groups -OCH3 is 1. The average molecular weight is 368 g/mol. The molecule has 0 saturated carbocycles. The van der Waals surface area contributed by atoms with E-state index in [1.54, 1.807) is 7.11 Å². The van der Waals surface area contributed by atoms with Gasteiger partial charge in [-0.1, -0.05) is 39.0 Å². The molecule has 0 saturated heterocycles. The zero-order valence-corrected chi connectivity index (χ0v) is 16.9. The number of ether oxygens (including phenoxy) is 1. The van der Waals surface area contributed by atoms with E-state index in [0.29, 0.717) is 6.54 Å². The molecule has 144 valence electrons. The summed E-state index contributed by atoms with van der Waals surface area (Å²) in [5.41, 5.74) is 1.76. The summed E-state index contributed by atoms with van der Waals surface area (Å²) in [6, 6.07) is 12.1. The molecule has 0 spiro atoms. The van der Waals surface area contributed by atoms with E-state index >= 15 is 0 Å². The van der Waals surface area contributed by atoms with Crippen molar-refractivity contribution in [2.75, 3.05) is 33.1 Å². The summed E-state index contributed by atoms with van der Waals surface area (Å²) in [5, 5.41) is 16.7. The Balaban J connectivity index is 1.86. The lowest BCUT2D eigenvalue weighted by atomic mass is 9.96. The molecule has 0 aliphatic heterocycles. The minimum Gasteiger partial charge on any atom is -0.496 e. The van der Waals surface area contributed by atoms with Crippen molar-refractivity contribution in [1.82, 2.24) is 24.7 Å². The minimum atomic E-state index is -0.130. The zero-order valence-electron chi connectivity index (χ0n) is 16.9. The number of nitrogens with one attached hydrogen (secondary N) is 1. The summed E-state index contributed by atoms with van der Waals surface area (Å²) in [6.45, 7) is 7.01. The van der Waals surface area contributed by atoms with Crippen molar-refractivity contribution in [2.45, 2.75) is 32.2 Å². The second kappa shape index (κ2) is 7.52. The Morgan fingerprint density at radius 2 is 1.85 bits per heavy atom. The molecule has 3 aromatic rings. The van der Waals surface area contributed by atoms with Crippen LogP contribution in [0.15, 0.2) is 36.4 Å². The van der Waals surface area contributed by atoms with Crippen LogP contribution < -0.4 is 10.1 Å². The molecule has 0 radical (unpaired) electrons. The molecule has 1 unspecified atom stereocenters. The molecule has 2 aromatic heterocycles. The van der Waals surface area contributed by atoms with Gasteiger partial charge in [0.25, 0.3) is 0 Å². The lowest BCUT2D eigenvalue weighted by molar-refractivity contribution is 0.300. The standard InChI is InChI=1S/C20H28N6O/c1-20(2,3)19-23-22-18-12-11-17(24-26(18)19)21-13-15(25(4)5)14-9-7-8-10-16(14)27-6/h7-12,15H,13H2,1-6H3,(H,21,24). The highest BCUT2D eigenvalue weighted by molar-refractivity contribution is 5.45. The van der Waals surface area contributed by atoms with Gasteiger partial charge in [-0.2, -0.15) is 4.52 Å². The molecular formula is C20H28N6O. The van der Waals surface area contributed by atoms with Gasteiger partial charge in [-0.05, 0) is 32.3 Å². The fourth-order valence-electron chi connectivity index (χ4n) is 3.06. The first-order valence-electron chi connectivity index (χ1n) is 9.07. The number of benzene rings is 1. The van der Waals surface area contributed by atoms with E-state index in [4.69, 9.17) is 9.84 Å². The number of nitrogens with zero attached hydrogens (tertiary/aromatic N) is 5. The van der Waals surface area contributed by atoms with E-state index in [-0.39, 0.29) is 11.5 Å². The first-order valence-corrected chi connectivity index (χ1v) is 9.07. The summed E-state index contributed by atoms with van der Waals surface area (Å²) >= 11 is 0. The fraction of sp³-hybridized carbons (Fsp3) is 0.450. The summed E-state index contributed by atoms with van der Waals surface area (Å²) < 4.78 is 7.35. The monoisotopic (exact) mass is 368 g/mol. The molecule has 1 N–H and O–H groups in total. The topological polar surface area (TPSA) is 67.6 Å². The third kappa shape index (κ3) is 4.03. The SMILES string of the molecule is COc1ccccc1C(CNc1ccc2nnc(C(C)(C)C)n2n1)N(C)C. The second-order valence-electron chi connectivity index (χ2n) is 7.86. The molecule has 2 heterocycles. The maximum atomic E-state index is 5.54. The third-order valence-electron chi connectivity index (χ3n) is 4.53. The Kier molecular flexibility index (Phi) is 5.32. The van der Waals surface area contributed by atoms with Gasteiger partial charge in [0.2, 0.25) is 0 Å². The van der Waals surface area contributed by atoms with Gasteiger partial charge >= 0.3 is 0 Å². The average Bonchev–Trinajstić information content (AvgIpc) is 3.05. The number of rotatable bonds is 6. The van der Waals surface area contributed by atoms with Crippen LogP contribution in [0.1, 0.15) is 38.2 Å². The van der Waals surface area contributed by atoms with Gasteiger partial charge in [0.1, 0.15) is 11.6 Å². The van der Waals surface area contributed by atoms with Crippen molar-refractivity contribution in [3.63, 3.8) is 0 Å². The minimum absolute atomic E-state index is 0.130. The normalized spacial score (nSPS) is 13.1. The van der Waals surface area contributed by atoms with E-state index in [1.807, 2.05) is 34.8 Å². The van der Waals surface area contributed by atoms with E-state index in [0.717, 1.165) is 28.6 Å². The van der Waals surface area contributed by atoms with E-state index in [9.17, 15) is 0 Å². The largest absolute Gasteiger partial charge is 0.496 e. The Bertz CT molecular complexity index is 912. The van der Waals surface area contributed by atoms with E-state index in [1.165, 1.54) is 0 Å². The Labute approximate surface area is 160 Å². The number of para-hydroxylation sites is 1. The first kappa shape index (κ1) is 19.1. The number of aromatic nitrogens is 4. The first-order chi connectivity index (χ1) is 12.8. The quantitative estimate of drug-likeness (QED) is 0.721. The van der Waals surface area contributed by atoms with Crippen LogP contribution in [0.3, 0.4) is 0 Å². The second-order valence-corrected chi connectivity index (χ2v) is 7.86. The van der Waals surface area contributed by atoms with Crippen LogP contribution >= 0.6 is 0 Å². The van der Waals surface area contributed by atoms with Crippen molar-refractivity contribution < 1.29 is 4.74 Å². The smallest absolute Gasteiger partial charge is 0.178 e. The highest BCUT2D eigenvalue weighted by atomic mass is 16.5. The molecular weight excluding hydrogens is 340 g/mol. The maximum Gasteiger partial charge on any atom is 0.178 e. The van der Waals surface area contributed by atoms with Crippen molar-refractivity contribution >= 4 is 11.5 Å². The Hall–Kier alpha value is -2.67. The summed E-state index contributed by atoms with van der Waals surface area (Å²) in [5.74, 6) is 2.51. The van der Waals surface area contributed by atoms with Gasteiger partial charge in [-0.15, -0.1) is 15.3 Å². The zero-order chi connectivity index (χ0) is 19.6. The molecule has 7 nitrogen and oxygen atoms in total. The van der Waals surface area contributed by atoms with Crippen LogP contribution in [0.2, 0.25) is 0 Å². The molecule has 1 aromatic carbocycles. The van der Waals surface area contributed by atoms with Gasteiger partial charge in [0.05, 0.1) is 13.2 Å². The molecule has 1 atom stereocenters. The van der Waals surface area contributed by atoms with Crippen LogP contribution in [0, 0.1) is 0 Å². The van der Waals surface area contributed by atoms with Crippen LogP contribution in [-0.4, -0.2) is 52.5 Å². The van der Waals surface area contributed by atoms with Crippen LogP contribution in [0.4, 0.5) is 5.82 Å². The van der Waals surface area contributed by atoms with Crippen LogP contribution in [0.25, 0.3) is 5.65 Å². The van der Waals surface area contributed by atoms with Crippen LogP contribution in [0.5, 0.6) is 5.75 Å². The Morgan fingerprint density at radius 3 is 2.52 bits per heavy atom. The molecule has 0 aliphatic rings. The third-order valence-corrected chi connectivity index (χ3v) is 4.53. The molecule has 0 aliphatic carbocycles. The molecule has 27 heavy (non-hydrogen) atoms. The van der Waals surface area contributed by atoms with Crippen molar-refractivity contribution in [1.29, 1.82) is 0 Å². The maximum absolute atomic E-state index is 5.54. The van der Waals surface area contributed by atoms with Gasteiger partial charge in [0.15, 0.2) is 11.5 Å². The number of hydrogen-bond donors (Lipinski definition) is 1. The van der Waals surface area contributed by atoms with Crippen molar-refractivity contribution in [3.05, 3.63) is 47.8 Å². The molecule has 7 heteroatoms. The van der Waals surface area contributed by atoms with Gasteiger partial charge in [-0.3, -0.25) is 0 Å². The number of hydrogen-bond acceptors (Lipinski definition) is 6.